The third kappa shape index (κ3) is 2.40. The Morgan fingerprint density at radius 1 is 1.38 bits per heavy atom. The number of nitrogens with two attached hydrogens (primary N) is 1. The molecule has 0 spiro atoms. The van der Waals surface area contributed by atoms with E-state index < -0.39 is 5.41 Å². The van der Waals surface area contributed by atoms with Gasteiger partial charge in [-0.15, -0.1) is 0 Å². The molecule has 0 saturated heterocycles. The number of carbonyl (C=O) groups is 1. The van der Waals surface area contributed by atoms with Crippen LogP contribution in [0.1, 0.15) is 18.1 Å². The van der Waals surface area contributed by atoms with Crippen molar-refractivity contribution < 1.29 is 14.4 Å². The van der Waals surface area contributed by atoms with Crippen LogP contribution in [-0.2, 0) is 19.8 Å². The van der Waals surface area contributed by atoms with Crippen LogP contribution in [0.15, 0.2) is 24.3 Å². The molecule has 0 heterocycles. The molecule has 16 heavy (non-hydrogen) atoms. The summed E-state index contributed by atoms with van der Waals surface area (Å²) < 4.78 is 4.78. The van der Waals surface area contributed by atoms with E-state index in [4.69, 9.17) is 10.6 Å². The second-order valence-electron chi connectivity index (χ2n) is 4.00. The van der Waals surface area contributed by atoms with Crippen LogP contribution >= 0.6 is 0 Å². The van der Waals surface area contributed by atoms with E-state index in [-0.39, 0.29) is 12.6 Å². The van der Waals surface area contributed by atoms with Crippen LogP contribution in [0.2, 0.25) is 0 Å². The molecule has 0 bridgehead atoms. The first-order chi connectivity index (χ1) is 7.54. The first kappa shape index (κ1) is 12.7. The zero-order valence-electron chi connectivity index (χ0n) is 9.82. The maximum absolute atomic E-state index is 11.8. The Hall–Kier alpha value is -1.39. The quantitative estimate of drug-likeness (QED) is 0.617. The highest BCUT2D eigenvalue weighted by Crippen LogP contribution is 2.25. The normalized spacial score (nSPS) is 14.2. The molecular weight excluding hydrogens is 206 g/mol. The minimum atomic E-state index is -0.864. The van der Waals surface area contributed by atoms with Crippen LogP contribution in [0.25, 0.3) is 0 Å². The smallest absolute Gasteiger partial charge is 0.318 e. The molecule has 0 aliphatic rings. The highest BCUT2D eigenvalue weighted by molar-refractivity contribution is 5.82. The fourth-order valence-electron chi connectivity index (χ4n) is 1.57. The molecule has 0 radical (unpaired) electrons. The van der Waals surface area contributed by atoms with E-state index in [2.05, 4.69) is 4.84 Å². The zero-order chi connectivity index (χ0) is 12.2. The summed E-state index contributed by atoms with van der Waals surface area (Å²) in [7, 11) is 1.35. The Morgan fingerprint density at radius 3 is 2.38 bits per heavy atom. The van der Waals surface area contributed by atoms with Crippen LogP contribution in [0.5, 0.6) is 0 Å². The molecule has 1 atom stereocenters. The van der Waals surface area contributed by atoms with Gasteiger partial charge in [0.25, 0.3) is 0 Å². The summed E-state index contributed by atoms with van der Waals surface area (Å²) in [5.74, 6) is 4.71. The number of esters is 1. The molecule has 0 aliphatic carbocycles. The number of benzene rings is 1. The second-order valence-corrected chi connectivity index (χ2v) is 4.00. The molecule has 88 valence electrons. The van der Waals surface area contributed by atoms with E-state index in [0.717, 1.165) is 11.1 Å². The first-order valence-corrected chi connectivity index (χ1v) is 5.02. The Morgan fingerprint density at radius 2 is 1.94 bits per heavy atom. The van der Waals surface area contributed by atoms with E-state index in [9.17, 15) is 4.79 Å². The maximum atomic E-state index is 11.8. The summed E-state index contributed by atoms with van der Waals surface area (Å²) in [5, 5.41) is 0. The van der Waals surface area contributed by atoms with E-state index >= 15 is 0 Å². The van der Waals surface area contributed by atoms with Crippen LogP contribution in [0, 0.1) is 6.92 Å². The number of hydrogen-bond acceptors (Lipinski definition) is 4. The number of aryl methyl sites for hydroxylation is 1. The van der Waals surface area contributed by atoms with Gasteiger partial charge in [0, 0.05) is 0 Å². The van der Waals surface area contributed by atoms with E-state index in [1.807, 2.05) is 31.2 Å². The van der Waals surface area contributed by atoms with Gasteiger partial charge in [0.05, 0.1) is 13.7 Å². The SMILES string of the molecule is COC(=O)C(C)(CON)c1ccc(C)cc1. The Bertz CT molecular complexity index is 361. The summed E-state index contributed by atoms with van der Waals surface area (Å²) in [6.45, 7) is 3.82. The fourth-order valence-corrected chi connectivity index (χ4v) is 1.57. The minimum absolute atomic E-state index is 0.0860. The average molecular weight is 223 g/mol. The van der Waals surface area contributed by atoms with Crippen LogP contribution in [0.4, 0.5) is 0 Å². The van der Waals surface area contributed by atoms with Crippen molar-refractivity contribution in [3.63, 3.8) is 0 Å². The lowest BCUT2D eigenvalue weighted by atomic mass is 9.83. The van der Waals surface area contributed by atoms with Crippen LogP contribution in [-0.4, -0.2) is 19.7 Å². The average Bonchev–Trinajstić information content (AvgIpc) is 2.29. The molecule has 0 saturated carbocycles. The van der Waals surface area contributed by atoms with E-state index in [1.165, 1.54) is 7.11 Å². The monoisotopic (exact) mass is 223 g/mol. The molecule has 0 amide bonds. The first-order valence-electron chi connectivity index (χ1n) is 5.02. The minimum Gasteiger partial charge on any atom is -0.468 e. The van der Waals surface area contributed by atoms with Gasteiger partial charge in [0.15, 0.2) is 0 Å². The predicted octanol–water partition coefficient (Wildman–Crippen LogP) is 1.32. The van der Waals surface area contributed by atoms with Gasteiger partial charge in [-0.05, 0) is 19.4 Å². The molecule has 0 fully saturated rings. The van der Waals surface area contributed by atoms with E-state index in [0.29, 0.717) is 0 Å². The van der Waals surface area contributed by atoms with Crippen molar-refractivity contribution >= 4 is 5.97 Å². The molecule has 1 rings (SSSR count). The summed E-state index contributed by atoms with van der Waals surface area (Å²) in [4.78, 5) is 16.4. The number of hydrogen-bond donors (Lipinski definition) is 1. The van der Waals surface area contributed by atoms with Crippen molar-refractivity contribution in [3.05, 3.63) is 35.4 Å². The maximum Gasteiger partial charge on any atom is 0.318 e. The van der Waals surface area contributed by atoms with Crippen molar-refractivity contribution in [2.45, 2.75) is 19.3 Å². The van der Waals surface area contributed by atoms with Crippen LogP contribution in [0.3, 0.4) is 0 Å². The predicted molar refractivity (Wildman–Crippen MR) is 60.7 cm³/mol. The highest BCUT2D eigenvalue weighted by Gasteiger charge is 2.36. The van der Waals surface area contributed by atoms with Gasteiger partial charge in [-0.1, -0.05) is 29.8 Å². The van der Waals surface area contributed by atoms with Gasteiger partial charge in [-0.3, -0.25) is 4.79 Å². The molecule has 2 N–H and O–H groups in total. The second kappa shape index (κ2) is 5.09. The summed E-state index contributed by atoms with van der Waals surface area (Å²) >= 11 is 0. The third-order valence-electron chi connectivity index (χ3n) is 2.70. The lowest BCUT2D eigenvalue weighted by molar-refractivity contribution is -0.149. The molecule has 1 unspecified atom stereocenters. The van der Waals surface area contributed by atoms with Crippen LogP contribution < -0.4 is 5.90 Å². The zero-order valence-corrected chi connectivity index (χ0v) is 9.82. The molecule has 4 nitrogen and oxygen atoms in total. The number of ether oxygens (including phenoxy) is 1. The molecule has 1 aromatic rings. The summed E-state index contributed by atoms with van der Waals surface area (Å²) in [5.41, 5.74) is 1.09. The van der Waals surface area contributed by atoms with Gasteiger partial charge in [-0.2, -0.15) is 0 Å². The van der Waals surface area contributed by atoms with Crippen molar-refractivity contribution in [2.75, 3.05) is 13.7 Å². The third-order valence-corrected chi connectivity index (χ3v) is 2.70. The largest absolute Gasteiger partial charge is 0.468 e. The van der Waals surface area contributed by atoms with Crippen molar-refractivity contribution in [1.82, 2.24) is 0 Å². The van der Waals surface area contributed by atoms with Crippen molar-refractivity contribution in [1.29, 1.82) is 0 Å². The Kier molecular flexibility index (Phi) is 4.04. The number of carbonyl (C=O) groups excluding carboxylic acids is 1. The molecule has 0 aliphatic heterocycles. The van der Waals surface area contributed by atoms with Crippen molar-refractivity contribution in [2.24, 2.45) is 5.90 Å². The highest BCUT2D eigenvalue weighted by atomic mass is 16.6. The summed E-state index contributed by atoms with van der Waals surface area (Å²) in [6, 6.07) is 7.64. The molecular formula is C12H17NO3. The Balaban J connectivity index is 3.10. The van der Waals surface area contributed by atoms with E-state index in [1.54, 1.807) is 6.92 Å². The number of methoxy groups -OCH3 is 1. The molecule has 0 aromatic heterocycles. The number of rotatable bonds is 4. The molecule has 1 aromatic carbocycles. The topological polar surface area (TPSA) is 61.5 Å². The lowest BCUT2D eigenvalue weighted by Crippen LogP contribution is -2.39. The van der Waals surface area contributed by atoms with Gasteiger partial charge >= 0.3 is 5.97 Å². The standard InChI is InChI=1S/C12H17NO3/c1-9-4-6-10(7-5-9)12(2,8-16-13)11(14)15-3/h4-7H,8,13H2,1-3H3. The Labute approximate surface area is 95.3 Å². The van der Waals surface area contributed by atoms with Gasteiger partial charge in [0.1, 0.15) is 5.41 Å². The lowest BCUT2D eigenvalue weighted by Gasteiger charge is -2.25. The fraction of sp³-hybridized carbons (Fsp3) is 0.417. The van der Waals surface area contributed by atoms with Gasteiger partial charge in [0.2, 0.25) is 0 Å². The van der Waals surface area contributed by atoms with Gasteiger partial charge < -0.3 is 9.57 Å². The van der Waals surface area contributed by atoms with Crippen molar-refractivity contribution in [3.8, 4) is 0 Å². The molecule has 4 heteroatoms. The van der Waals surface area contributed by atoms with Gasteiger partial charge in [-0.25, -0.2) is 5.90 Å². The summed E-state index contributed by atoms with van der Waals surface area (Å²) in [6.07, 6.45) is 0.